The van der Waals surface area contributed by atoms with Gasteiger partial charge in [0.15, 0.2) is 5.43 Å². The fourth-order valence-electron chi connectivity index (χ4n) is 2.91. The molecule has 0 saturated heterocycles. The summed E-state index contributed by atoms with van der Waals surface area (Å²) in [6, 6.07) is 14.1. The lowest BCUT2D eigenvalue weighted by atomic mass is 9.91. The Labute approximate surface area is 131 Å². The summed E-state index contributed by atoms with van der Waals surface area (Å²) in [5.41, 5.74) is 2.29. The fraction of sp³-hybridized carbons (Fsp3) is 0.105. The van der Waals surface area contributed by atoms with Crippen LogP contribution in [0, 0.1) is 0 Å². The molecular formula is C19H14O4. The van der Waals surface area contributed by atoms with E-state index in [2.05, 4.69) is 0 Å². The second-order valence-corrected chi connectivity index (χ2v) is 5.58. The van der Waals surface area contributed by atoms with E-state index in [-0.39, 0.29) is 5.43 Å². The SMILES string of the molecule is O=c1cc(-c2ccccc2)oc2c3c(ccc12)C(O)C(O)C=C3. The number of hydrogen-bond acceptors (Lipinski definition) is 4. The molecule has 114 valence electrons. The highest BCUT2D eigenvalue weighted by atomic mass is 16.3. The molecule has 4 rings (SSSR count). The molecule has 2 aromatic carbocycles. The lowest BCUT2D eigenvalue weighted by Crippen LogP contribution is -2.19. The molecule has 1 aliphatic carbocycles. The highest BCUT2D eigenvalue weighted by Gasteiger charge is 2.25. The van der Waals surface area contributed by atoms with Crippen LogP contribution < -0.4 is 5.43 Å². The van der Waals surface area contributed by atoms with Gasteiger partial charge < -0.3 is 14.6 Å². The second kappa shape index (κ2) is 5.19. The van der Waals surface area contributed by atoms with Crippen LogP contribution in [0.15, 0.2) is 63.8 Å². The van der Waals surface area contributed by atoms with E-state index in [1.165, 1.54) is 12.1 Å². The molecule has 0 fully saturated rings. The smallest absolute Gasteiger partial charge is 0.193 e. The molecule has 1 heterocycles. The van der Waals surface area contributed by atoms with Gasteiger partial charge in [-0.3, -0.25) is 4.79 Å². The first-order valence-corrected chi connectivity index (χ1v) is 7.35. The maximum atomic E-state index is 12.4. The minimum absolute atomic E-state index is 0.137. The molecule has 0 bridgehead atoms. The van der Waals surface area contributed by atoms with Gasteiger partial charge in [0.05, 0.1) is 5.39 Å². The van der Waals surface area contributed by atoms with Crippen molar-refractivity contribution in [2.75, 3.05) is 0 Å². The van der Waals surface area contributed by atoms with Crippen molar-refractivity contribution in [1.29, 1.82) is 0 Å². The minimum Gasteiger partial charge on any atom is -0.455 e. The molecular weight excluding hydrogens is 292 g/mol. The molecule has 0 radical (unpaired) electrons. The third kappa shape index (κ3) is 2.20. The van der Waals surface area contributed by atoms with Gasteiger partial charge in [-0.25, -0.2) is 0 Å². The Bertz CT molecular complexity index is 970. The van der Waals surface area contributed by atoms with Crippen molar-refractivity contribution in [2.24, 2.45) is 0 Å². The van der Waals surface area contributed by atoms with Crippen LogP contribution in [0.3, 0.4) is 0 Å². The number of hydrogen-bond donors (Lipinski definition) is 2. The highest BCUT2D eigenvalue weighted by Crippen LogP contribution is 2.34. The van der Waals surface area contributed by atoms with E-state index in [4.69, 9.17) is 4.42 Å². The van der Waals surface area contributed by atoms with Crippen molar-refractivity contribution in [2.45, 2.75) is 12.2 Å². The van der Waals surface area contributed by atoms with Gasteiger partial charge in [-0.05, 0) is 11.6 Å². The van der Waals surface area contributed by atoms with Gasteiger partial charge in [0.1, 0.15) is 23.6 Å². The first-order valence-electron chi connectivity index (χ1n) is 7.35. The van der Waals surface area contributed by atoms with Gasteiger partial charge in [0.2, 0.25) is 0 Å². The molecule has 4 nitrogen and oxygen atoms in total. The van der Waals surface area contributed by atoms with Gasteiger partial charge >= 0.3 is 0 Å². The maximum absolute atomic E-state index is 12.4. The Hall–Kier alpha value is -2.69. The lowest BCUT2D eigenvalue weighted by Gasteiger charge is -2.22. The van der Waals surface area contributed by atoms with Crippen molar-refractivity contribution < 1.29 is 14.6 Å². The Morgan fingerprint density at radius 2 is 1.78 bits per heavy atom. The fourth-order valence-corrected chi connectivity index (χ4v) is 2.91. The molecule has 2 atom stereocenters. The van der Waals surface area contributed by atoms with Crippen LogP contribution in [0.5, 0.6) is 0 Å². The van der Waals surface area contributed by atoms with E-state index in [1.807, 2.05) is 30.3 Å². The zero-order chi connectivity index (χ0) is 16.0. The topological polar surface area (TPSA) is 70.7 Å². The Balaban J connectivity index is 2.03. The molecule has 0 amide bonds. The monoisotopic (exact) mass is 306 g/mol. The van der Waals surface area contributed by atoms with E-state index in [9.17, 15) is 15.0 Å². The van der Waals surface area contributed by atoms with Crippen LogP contribution in [0.25, 0.3) is 28.4 Å². The van der Waals surface area contributed by atoms with E-state index in [0.717, 1.165) is 5.56 Å². The molecule has 3 aromatic rings. The zero-order valence-electron chi connectivity index (χ0n) is 12.1. The predicted octanol–water partition coefficient (Wildman–Crippen LogP) is 2.88. The van der Waals surface area contributed by atoms with Crippen LogP contribution in [-0.4, -0.2) is 16.3 Å². The standard InChI is InChI=1S/C19H14O4/c20-15-9-8-13-12(18(15)22)6-7-14-16(21)10-17(23-19(13)14)11-4-2-1-3-5-11/h1-10,15,18,20,22H. The second-order valence-electron chi connectivity index (χ2n) is 5.58. The zero-order valence-corrected chi connectivity index (χ0v) is 12.1. The first kappa shape index (κ1) is 13.9. The number of fused-ring (bicyclic) bond motifs is 3. The van der Waals surface area contributed by atoms with E-state index >= 15 is 0 Å². The van der Waals surface area contributed by atoms with Crippen LogP contribution in [-0.2, 0) is 0 Å². The summed E-state index contributed by atoms with van der Waals surface area (Å²) >= 11 is 0. The average molecular weight is 306 g/mol. The van der Waals surface area contributed by atoms with Gasteiger partial charge in [0.25, 0.3) is 0 Å². The summed E-state index contributed by atoms with van der Waals surface area (Å²) in [5, 5.41) is 20.3. The third-order valence-electron chi connectivity index (χ3n) is 4.13. The van der Waals surface area contributed by atoms with Crippen LogP contribution in [0.2, 0.25) is 0 Å². The molecule has 0 saturated carbocycles. The number of benzene rings is 2. The van der Waals surface area contributed by atoms with Crippen LogP contribution in [0.4, 0.5) is 0 Å². The van der Waals surface area contributed by atoms with Crippen molar-refractivity contribution in [3.8, 4) is 11.3 Å². The molecule has 23 heavy (non-hydrogen) atoms. The summed E-state index contributed by atoms with van der Waals surface area (Å²) in [4.78, 5) is 12.4. The predicted molar refractivity (Wildman–Crippen MR) is 87.9 cm³/mol. The molecule has 0 spiro atoms. The Morgan fingerprint density at radius 3 is 2.57 bits per heavy atom. The average Bonchev–Trinajstić information content (AvgIpc) is 2.58. The summed E-state index contributed by atoms with van der Waals surface area (Å²) in [6.45, 7) is 0. The van der Waals surface area contributed by atoms with E-state index in [0.29, 0.717) is 27.9 Å². The summed E-state index contributed by atoms with van der Waals surface area (Å²) in [5.74, 6) is 0.477. The van der Waals surface area contributed by atoms with Crippen molar-refractivity contribution >= 4 is 17.0 Å². The largest absolute Gasteiger partial charge is 0.455 e. The Kier molecular flexibility index (Phi) is 3.15. The van der Waals surface area contributed by atoms with E-state index < -0.39 is 12.2 Å². The Morgan fingerprint density at radius 1 is 1.00 bits per heavy atom. The quantitative estimate of drug-likeness (QED) is 0.725. The summed E-state index contributed by atoms with van der Waals surface area (Å²) in [7, 11) is 0. The minimum atomic E-state index is -1.02. The van der Waals surface area contributed by atoms with Gasteiger partial charge in [-0.2, -0.15) is 0 Å². The molecule has 0 aliphatic heterocycles. The maximum Gasteiger partial charge on any atom is 0.193 e. The summed E-state index contributed by atoms with van der Waals surface area (Å²) < 4.78 is 5.97. The van der Waals surface area contributed by atoms with Gasteiger partial charge in [0, 0.05) is 17.2 Å². The molecule has 2 unspecified atom stereocenters. The van der Waals surface area contributed by atoms with Crippen molar-refractivity contribution in [1.82, 2.24) is 0 Å². The third-order valence-corrected chi connectivity index (χ3v) is 4.13. The molecule has 2 N–H and O–H groups in total. The van der Waals surface area contributed by atoms with Crippen molar-refractivity contribution in [3.63, 3.8) is 0 Å². The number of rotatable bonds is 1. The highest BCUT2D eigenvalue weighted by molar-refractivity contribution is 5.89. The number of aliphatic hydroxyl groups excluding tert-OH is 2. The van der Waals surface area contributed by atoms with Gasteiger partial charge in [-0.1, -0.05) is 48.6 Å². The normalized spacial score (nSPS) is 19.7. The van der Waals surface area contributed by atoms with Crippen LogP contribution in [0.1, 0.15) is 17.2 Å². The first-order chi connectivity index (χ1) is 11.1. The lowest BCUT2D eigenvalue weighted by molar-refractivity contribution is 0.0470. The van der Waals surface area contributed by atoms with Crippen LogP contribution >= 0.6 is 0 Å². The van der Waals surface area contributed by atoms with E-state index in [1.54, 1.807) is 18.2 Å². The number of aliphatic hydroxyl groups is 2. The molecule has 1 aliphatic rings. The molecule has 4 heteroatoms. The van der Waals surface area contributed by atoms with Crippen molar-refractivity contribution in [3.05, 3.63) is 76.0 Å². The van der Waals surface area contributed by atoms with Gasteiger partial charge in [-0.15, -0.1) is 0 Å². The molecule has 1 aromatic heterocycles. The summed E-state index contributed by atoms with van der Waals surface area (Å²) in [6.07, 6.45) is 1.21.